The van der Waals surface area contributed by atoms with Crippen LogP contribution in [-0.2, 0) is 0 Å². The van der Waals surface area contributed by atoms with Gasteiger partial charge in [0.05, 0.1) is 32.6 Å². The minimum Gasteiger partial charge on any atom is -0.504 e. The highest BCUT2D eigenvalue weighted by Gasteiger charge is 2.14. The fourth-order valence-corrected chi connectivity index (χ4v) is 2.74. The summed E-state index contributed by atoms with van der Waals surface area (Å²) in [6, 6.07) is 10.3. The zero-order valence-corrected chi connectivity index (χ0v) is 16.5. The number of nitrogens with zero attached hydrogens (tertiary/aromatic N) is 3. The predicted molar refractivity (Wildman–Crippen MR) is 108 cm³/mol. The van der Waals surface area contributed by atoms with Crippen LogP contribution in [0.25, 0.3) is 11.4 Å². The van der Waals surface area contributed by atoms with Crippen molar-refractivity contribution < 1.29 is 19.3 Å². The van der Waals surface area contributed by atoms with Crippen molar-refractivity contribution in [1.82, 2.24) is 14.9 Å². The van der Waals surface area contributed by atoms with Crippen LogP contribution >= 0.6 is 12.2 Å². The van der Waals surface area contributed by atoms with Gasteiger partial charge in [0.15, 0.2) is 17.3 Å². The lowest BCUT2D eigenvalue weighted by Gasteiger charge is -2.09. The molecule has 0 radical (unpaired) electrons. The molecule has 0 amide bonds. The van der Waals surface area contributed by atoms with Crippen LogP contribution in [0.5, 0.6) is 23.0 Å². The van der Waals surface area contributed by atoms with Crippen LogP contribution in [0, 0.1) is 4.77 Å². The summed E-state index contributed by atoms with van der Waals surface area (Å²) in [5.74, 6) is 2.19. The first-order chi connectivity index (χ1) is 13.6. The molecule has 0 bridgehead atoms. The minimum absolute atomic E-state index is 0.0718. The Morgan fingerprint density at radius 3 is 2.71 bits per heavy atom. The van der Waals surface area contributed by atoms with Gasteiger partial charge in [0.25, 0.3) is 0 Å². The fourth-order valence-electron chi connectivity index (χ4n) is 2.56. The van der Waals surface area contributed by atoms with Crippen molar-refractivity contribution in [3.63, 3.8) is 0 Å². The molecule has 0 saturated carbocycles. The molecule has 2 N–H and O–H groups in total. The van der Waals surface area contributed by atoms with E-state index in [4.69, 9.17) is 26.4 Å². The number of phenols is 1. The first-order valence-electron chi connectivity index (χ1n) is 8.47. The van der Waals surface area contributed by atoms with Crippen molar-refractivity contribution in [1.29, 1.82) is 0 Å². The molecule has 3 rings (SSSR count). The van der Waals surface area contributed by atoms with E-state index in [0.717, 1.165) is 5.56 Å². The normalized spacial score (nSPS) is 11.0. The summed E-state index contributed by atoms with van der Waals surface area (Å²) >= 11 is 5.31. The van der Waals surface area contributed by atoms with Crippen molar-refractivity contribution in [2.75, 3.05) is 20.8 Å². The van der Waals surface area contributed by atoms with Crippen molar-refractivity contribution >= 4 is 18.4 Å². The number of methoxy groups -OCH3 is 2. The summed E-state index contributed by atoms with van der Waals surface area (Å²) in [5, 5.41) is 21.3. The van der Waals surface area contributed by atoms with Crippen molar-refractivity contribution in [2.45, 2.75) is 6.92 Å². The minimum atomic E-state index is 0.0718. The van der Waals surface area contributed by atoms with E-state index in [-0.39, 0.29) is 5.75 Å². The van der Waals surface area contributed by atoms with E-state index in [1.54, 1.807) is 50.8 Å². The Morgan fingerprint density at radius 2 is 2.00 bits per heavy atom. The Morgan fingerprint density at radius 1 is 1.18 bits per heavy atom. The van der Waals surface area contributed by atoms with Crippen molar-refractivity contribution in [2.24, 2.45) is 5.10 Å². The van der Waals surface area contributed by atoms with E-state index in [0.29, 0.717) is 40.0 Å². The molecule has 0 spiro atoms. The molecule has 0 saturated heterocycles. The lowest BCUT2D eigenvalue weighted by molar-refractivity contribution is 0.318. The number of aromatic amines is 1. The smallest absolute Gasteiger partial charge is 0.216 e. The number of ether oxygens (including phenoxy) is 3. The summed E-state index contributed by atoms with van der Waals surface area (Å²) in [4.78, 5) is 0. The molecule has 0 aliphatic carbocycles. The maximum atomic E-state index is 9.83. The topological polar surface area (TPSA) is 93.9 Å². The Kier molecular flexibility index (Phi) is 5.95. The van der Waals surface area contributed by atoms with E-state index in [1.165, 1.54) is 4.68 Å². The van der Waals surface area contributed by atoms with E-state index in [2.05, 4.69) is 15.3 Å². The lowest BCUT2D eigenvalue weighted by Crippen LogP contribution is -1.98. The molecule has 28 heavy (non-hydrogen) atoms. The Balaban J connectivity index is 2.00. The zero-order valence-electron chi connectivity index (χ0n) is 15.7. The van der Waals surface area contributed by atoms with Gasteiger partial charge < -0.3 is 19.3 Å². The van der Waals surface area contributed by atoms with Gasteiger partial charge in [-0.3, -0.25) is 0 Å². The van der Waals surface area contributed by atoms with Gasteiger partial charge >= 0.3 is 0 Å². The van der Waals surface area contributed by atoms with Crippen LogP contribution in [0.4, 0.5) is 0 Å². The number of aromatic hydroxyl groups is 1. The lowest BCUT2D eigenvalue weighted by atomic mass is 10.2. The molecule has 0 unspecified atom stereocenters. The molecular formula is C19H20N4O4S. The van der Waals surface area contributed by atoms with Crippen molar-refractivity contribution in [3.05, 3.63) is 46.7 Å². The third-order valence-corrected chi connectivity index (χ3v) is 4.17. The molecule has 0 atom stereocenters. The molecule has 0 aliphatic rings. The average Bonchev–Trinajstić information content (AvgIpc) is 3.08. The molecule has 3 aromatic rings. The standard InChI is InChI=1S/C19H20N4O4S/c1-4-27-17-9-12(5-8-15(17)24)11-20-23-18(21-22-19(23)28)14-7-6-13(25-2)10-16(14)26-3/h5-11,24H,4H2,1-3H3,(H,22,28)/b20-11+. The van der Waals surface area contributed by atoms with Gasteiger partial charge in [0.1, 0.15) is 11.5 Å². The Labute approximate surface area is 167 Å². The monoisotopic (exact) mass is 400 g/mol. The van der Waals surface area contributed by atoms with Gasteiger partial charge in [-0.2, -0.15) is 14.9 Å². The zero-order chi connectivity index (χ0) is 20.1. The van der Waals surface area contributed by atoms with Crippen LogP contribution < -0.4 is 14.2 Å². The highest BCUT2D eigenvalue weighted by Crippen LogP contribution is 2.32. The largest absolute Gasteiger partial charge is 0.504 e. The molecule has 8 nitrogen and oxygen atoms in total. The second-order valence-corrected chi connectivity index (χ2v) is 6.02. The van der Waals surface area contributed by atoms with E-state index < -0.39 is 0 Å². The van der Waals surface area contributed by atoms with Crippen LogP contribution in [0.1, 0.15) is 12.5 Å². The summed E-state index contributed by atoms with van der Waals surface area (Å²) in [7, 11) is 3.15. The summed E-state index contributed by atoms with van der Waals surface area (Å²) in [6.45, 7) is 2.29. The average molecular weight is 400 g/mol. The number of rotatable bonds is 7. The molecule has 0 fully saturated rings. The third-order valence-electron chi connectivity index (χ3n) is 3.91. The molecular weight excluding hydrogens is 380 g/mol. The summed E-state index contributed by atoms with van der Waals surface area (Å²) < 4.78 is 17.9. The number of hydrogen-bond donors (Lipinski definition) is 2. The van der Waals surface area contributed by atoms with Gasteiger partial charge in [-0.1, -0.05) is 0 Å². The molecule has 0 aliphatic heterocycles. The van der Waals surface area contributed by atoms with E-state index >= 15 is 0 Å². The van der Waals surface area contributed by atoms with Crippen LogP contribution in [0.15, 0.2) is 41.5 Å². The van der Waals surface area contributed by atoms with E-state index in [1.807, 2.05) is 13.0 Å². The number of hydrogen-bond acceptors (Lipinski definition) is 7. The fraction of sp³-hybridized carbons (Fsp3) is 0.211. The highest BCUT2D eigenvalue weighted by molar-refractivity contribution is 7.71. The first kappa shape index (κ1) is 19.4. The second-order valence-electron chi connectivity index (χ2n) is 5.64. The molecule has 2 aromatic carbocycles. The van der Waals surface area contributed by atoms with Gasteiger partial charge in [-0.25, -0.2) is 5.10 Å². The number of phenolic OH excluding ortho intramolecular Hbond substituents is 1. The number of nitrogens with one attached hydrogen (secondary N) is 1. The molecule has 1 aromatic heterocycles. The Bertz CT molecular complexity index is 1060. The predicted octanol–water partition coefficient (Wildman–Crippen LogP) is 3.61. The first-order valence-corrected chi connectivity index (χ1v) is 8.88. The van der Waals surface area contributed by atoms with Gasteiger partial charge in [-0.15, -0.1) is 0 Å². The number of H-pyrrole nitrogens is 1. The summed E-state index contributed by atoms with van der Waals surface area (Å²) in [5.41, 5.74) is 1.44. The quantitative estimate of drug-likeness (QED) is 0.465. The second kappa shape index (κ2) is 8.57. The SMILES string of the molecule is CCOc1cc(/C=N/n2c(-c3ccc(OC)cc3OC)n[nH]c2=S)ccc1O. The van der Waals surface area contributed by atoms with E-state index in [9.17, 15) is 5.11 Å². The van der Waals surface area contributed by atoms with Crippen LogP contribution in [-0.4, -0.2) is 47.0 Å². The van der Waals surface area contributed by atoms with Gasteiger partial charge in [0, 0.05) is 6.07 Å². The van der Waals surface area contributed by atoms with Gasteiger partial charge in [0.2, 0.25) is 4.77 Å². The number of benzene rings is 2. The third kappa shape index (κ3) is 3.99. The maximum Gasteiger partial charge on any atom is 0.216 e. The highest BCUT2D eigenvalue weighted by atomic mass is 32.1. The Hall–Kier alpha value is -3.33. The summed E-state index contributed by atoms with van der Waals surface area (Å²) in [6.07, 6.45) is 1.60. The van der Waals surface area contributed by atoms with Crippen molar-refractivity contribution in [3.8, 4) is 34.4 Å². The molecule has 1 heterocycles. The molecule has 146 valence electrons. The molecule has 9 heteroatoms. The van der Waals surface area contributed by atoms with Gasteiger partial charge in [-0.05, 0) is 55.0 Å². The van der Waals surface area contributed by atoms with Crippen LogP contribution in [0.3, 0.4) is 0 Å². The van der Waals surface area contributed by atoms with Crippen LogP contribution in [0.2, 0.25) is 0 Å². The number of aromatic nitrogens is 3. The maximum absolute atomic E-state index is 9.83.